The van der Waals surface area contributed by atoms with Gasteiger partial charge >= 0.3 is 0 Å². The number of hydrogen-bond donors (Lipinski definition) is 2. The molecule has 1 aliphatic carbocycles. The molecule has 1 aliphatic rings. The van der Waals surface area contributed by atoms with Crippen LogP contribution in [0.3, 0.4) is 0 Å². The molecule has 1 aromatic carbocycles. The van der Waals surface area contributed by atoms with E-state index in [1.165, 1.54) is 18.2 Å². The van der Waals surface area contributed by atoms with E-state index >= 15 is 0 Å². The molecule has 0 heterocycles. The topological polar surface area (TPSA) is 92.3 Å². The lowest BCUT2D eigenvalue weighted by molar-refractivity contribution is 0.578. The Bertz CT molecular complexity index is 726. The first-order valence-corrected chi connectivity index (χ1v) is 9.57. The molecule has 0 bridgehead atoms. The molecule has 0 aliphatic heterocycles. The Morgan fingerprint density at radius 3 is 2.25 bits per heavy atom. The maximum absolute atomic E-state index is 12.3. The lowest BCUT2D eigenvalue weighted by Crippen LogP contribution is -2.27. The van der Waals surface area contributed by atoms with E-state index in [-0.39, 0.29) is 15.8 Å². The number of sulfonamides is 1. The van der Waals surface area contributed by atoms with Gasteiger partial charge in [0.15, 0.2) is 9.84 Å². The molecule has 0 aromatic heterocycles. The highest BCUT2D eigenvalue weighted by molar-refractivity contribution is 7.91. The maximum atomic E-state index is 12.3. The number of rotatable bonds is 5. The standard InChI is InChI=1S/C12H18N2O4S2/c1-8-6-11(8)14-20(17,18)12-7-9(19(3,15)16)4-5-10(12)13-2/h4-5,7-8,11,13-14H,6H2,1-3H3. The van der Waals surface area contributed by atoms with Crippen LogP contribution in [-0.4, -0.2) is 36.2 Å². The van der Waals surface area contributed by atoms with Crippen LogP contribution in [0, 0.1) is 5.92 Å². The highest BCUT2D eigenvalue weighted by atomic mass is 32.2. The summed E-state index contributed by atoms with van der Waals surface area (Å²) in [6.07, 6.45) is 1.86. The van der Waals surface area contributed by atoms with Gasteiger partial charge in [0.2, 0.25) is 10.0 Å². The van der Waals surface area contributed by atoms with Gasteiger partial charge in [0.05, 0.1) is 10.6 Å². The highest BCUT2D eigenvalue weighted by Crippen LogP contribution is 2.32. The molecule has 8 heteroatoms. The van der Waals surface area contributed by atoms with Crippen LogP contribution in [0.15, 0.2) is 28.0 Å². The molecule has 1 aromatic rings. The van der Waals surface area contributed by atoms with Gasteiger partial charge in [-0.3, -0.25) is 0 Å². The summed E-state index contributed by atoms with van der Waals surface area (Å²) in [7, 11) is -5.60. The van der Waals surface area contributed by atoms with Crippen molar-refractivity contribution in [2.75, 3.05) is 18.6 Å². The van der Waals surface area contributed by atoms with Crippen molar-refractivity contribution in [1.82, 2.24) is 4.72 Å². The van der Waals surface area contributed by atoms with E-state index in [4.69, 9.17) is 0 Å². The third-order valence-corrected chi connectivity index (χ3v) is 6.00. The Balaban J connectivity index is 2.47. The Labute approximate surface area is 119 Å². The molecular weight excluding hydrogens is 300 g/mol. The molecule has 2 N–H and O–H groups in total. The van der Waals surface area contributed by atoms with Crippen LogP contribution in [0.1, 0.15) is 13.3 Å². The molecule has 1 fully saturated rings. The molecular formula is C12H18N2O4S2. The molecule has 0 radical (unpaired) electrons. The Morgan fingerprint density at radius 2 is 1.80 bits per heavy atom. The van der Waals surface area contributed by atoms with Crippen LogP contribution in [0.25, 0.3) is 0 Å². The average Bonchev–Trinajstić information content (AvgIpc) is 3.01. The van der Waals surface area contributed by atoms with Gasteiger partial charge in [0.25, 0.3) is 0 Å². The quantitative estimate of drug-likeness (QED) is 0.838. The lowest BCUT2D eigenvalue weighted by Gasteiger charge is -2.12. The fraction of sp³-hybridized carbons (Fsp3) is 0.500. The number of nitrogens with one attached hydrogen (secondary N) is 2. The maximum Gasteiger partial charge on any atom is 0.242 e. The fourth-order valence-electron chi connectivity index (χ4n) is 1.91. The summed E-state index contributed by atoms with van der Waals surface area (Å²) in [4.78, 5) is -0.0530. The number of sulfone groups is 1. The van der Waals surface area contributed by atoms with Crippen LogP contribution in [-0.2, 0) is 19.9 Å². The summed E-state index contributed by atoms with van der Waals surface area (Å²) in [5.41, 5.74) is 0.373. The number of anilines is 1. The first-order chi connectivity index (χ1) is 9.15. The molecule has 112 valence electrons. The van der Waals surface area contributed by atoms with Gasteiger partial charge in [0, 0.05) is 19.3 Å². The van der Waals surface area contributed by atoms with Crippen molar-refractivity contribution in [1.29, 1.82) is 0 Å². The summed E-state index contributed by atoms with van der Waals surface area (Å²) < 4.78 is 50.4. The van der Waals surface area contributed by atoms with Crippen molar-refractivity contribution < 1.29 is 16.8 Å². The van der Waals surface area contributed by atoms with E-state index in [2.05, 4.69) is 10.0 Å². The molecule has 20 heavy (non-hydrogen) atoms. The van der Waals surface area contributed by atoms with Crippen LogP contribution >= 0.6 is 0 Å². The fourth-order valence-corrected chi connectivity index (χ4v) is 4.23. The van der Waals surface area contributed by atoms with E-state index in [0.29, 0.717) is 11.6 Å². The van der Waals surface area contributed by atoms with Gasteiger partial charge in [-0.05, 0) is 30.5 Å². The SMILES string of the molecule is CNc1ccc(S(C)(=O)=O)cc1S(=O)(=O)NC1CC1C. The normalized spacial score (nSPS) is 22.6. The second-order valence-corrected chi connectivity index (χ2v) is 8.82. The van der Waals surface area contributed by atoms with Crippen molar-refractivity contribution in [2.24, 2.45) is 5.92 Å². The Morgan fingerprint density at radius 1 is 1.20 bits per heavy atom. The molecule has 0 amide bonds. The summed E-state index contributed by atoms with van der Waals surface area (Å²) in [6.45, 7) is 1.96. The number of benzene rings is 1. The summed E-state index contributed by atoms with van der Waals surface area (Å²) in [5, 5.41) is 2.77. The molecule has 1 saturated carbocycles. The van der Waals surface area contributed by atoms with Crippen molar-refractivity contribution in [3.63, 3.8) is 0 Å². The molecule has 2 unspecified atom stereocenters. The predicted octanol–water partition coefficient (Wildman–Crippen LogP) is 0.818. The summed E-state index contributed by atoms with van der Waals surface area (Å²) in [5.74, 6) is 0.320. The van der Waals surface area contributed by atoms with Crippen molar-refractivity contribution in [2.45, 2.75) is 29.2 Å². The predicted molar refractivity (Wildman–Crippen MR) is 77.0 cm³/mol. The smallest absolute Gasteiger partial charge is 0.242 e. The van der Waals surface area contributed by atoms with Crippen molar-refractivity contribution in [3.05, 3.63) is 18.2 Å². The summed E-state index contributed by atoms with van der Waals surface area (Å²) >= 11 is 0. The van der Waals surface area contributed by atoms with E-state index < -0.39 is 19.9 Å². The van der Waals surface area contributed by atoms with Crippen molar-refractivity contribution in [3.8, 4) is 0 Å². The van der Waals surface area contributed by atoms with Gasteiger partial charge < -0.3 is 5.32 Å². The van der Waals surface area contributed by atoms with Crippen LogP contribution in [0.2, 0.25) is 0 Å². The minimum atomic E-state index is -3.73. The first-order valence-electron chi connectivity index (χ1n) is 6.19. The largest absolute Gasteiger partial charge is 0.387 e. The monoisotopic (exact) mass is 318 g/mol. The van der Waals surface area contributed by atoms with Crippen LogP contribution in [0.5, 0.6) is 0 Å². The van der Waals surface area contributed by atoms with E-state index in [1.807, 2.05) is 6.92 Å². The Kier molecular flexibility index (Phi) is 3.83. The zero-order chi connectivity index (χ0) is 15.1. The van der Waals surface area contributed by atoms with Gasteiger partial charge in [-0.1, -0.05) is 6.92 Å². The third-order valence-electron chi connectivity index (χ3n) is 3.36. The molecule has 2 rings (SSSR count). The third kappa shape index (κ3) is 3.13. The van der Waals surface area contributed by atoms with Gasteiger partial charge in [-0.2, -0.15) is 0 Å². The minimum Gasteiger partial charge on any atom is -0.387 e. The second-order valence-electron chi connectivity index (χ2n) is 5.12. The zero-order valence-corrected chi connectivity index (χ0v) is 13.2. The molecule has 0 spiro atoms. The second kappa shape index (κ2) is 5.01. The van der Waals surface area contributed by atoms with E-state index in [0.717, 1.165) is 12.7 Å². The summed E-state index contributed by atoms with van der Waals surface area (Å²) in [6, 6.07) is 3.98. The van der Waals surface area contributed by atoms with Gasteiger partial charge in [-0.25, -0.2) is 21.6 Å². The highest BCUT2D eigenvalue weighted by Gasteiger charge is 2.37. The zero-order valence-electron chi connectivity index (χ0n) is 11.5. The lowest BCUT2D eigenvalue weighted by atomic mass is 10.3. The molecule has 2 atom stereocenters. The van der Waals surface area contributed by atoms with E-state index in [9.17, 15) is 16.8 Å². The van der Waals surface area contributed by atoms with E-state index in [1.54, 1.807) is 7.05 Å². The van der Waals surface area contributed by atoms with Gasteiger partial charge in [0.1, 0.15) is 4.90 Å². The van der Waals surface area contributed by atoms with Crippen molar-refractivity contribution >= 4 is 25.5 Å². The first kappa shape index (κ1) is 15.3. The Hall–Kier alpha value is -1.12. The average molecular weight is 318 g/mol. The minimum absolute atomic E-state index is 0.0132. The van der Waals surface area contributed by atoms with Crippen LogP contribution < -0.4 is 10.0 Å². The van der Waals surface area contributed by atoms with Gasteiger partial charge in [-0.15, -0.1) is 0 Å². The molecule has 6 nitrogen and oxygen atoms in total. The van der Waals surface area contributed by atoms with Crippen LogP contribution in [0.4, 0.5) is 5.69 Å². The molecule has 0 saturated heterocycles. The number of hydrogen-bond acceptors (Lipinski definition) is 5.